The highest BCUT2D eigenvalue weighted by molar-refractivity contribution is 7.89. The third kappa shape index (κ3) is 4.13. The number of fused-ring (bicyclic) bond motifs is 1. The van der Waals surface area contributed by atoms with Crippen LogP contribution < -0.4 is 4.72 Å². The van der Waals surface area contributed by atoms with Crippen molar-refractivity contribution in [3.8, 4) is 0 Å². The van der Waals surface area contributed by atoms with Gasteiger partial charge in [-0.1, -0.05) is 30.3 Å². The zero-order valence-corrected chi connectivity index (χ0v) is 15.1. The quantitative estimate of drug-likeness (QED) is 0.895. The number of hydrogen-bond acceptors (Lipinski definition) is 4. The summed E-state index contributed by atoms with van der Waals surface area (Å²) in [5, 5.41) is 1.98. The molecule has 1 aliphatic rings. The first kappa shape index (κ1) is 17.4. The smallest absolute Gasteiger partial charge is 0.240 e. The van der Waals surface area contributed by atoms with Gasteiger partial charge in [0, 0.05) is 38.8 Å². The van der Waals surface area contributed by atoms with Crippen molar-refractivity contribution < 1.29 is 8.42 Å². The van der Waals surface area contributed by atoms with Gasteiger partial charge in [0.25, 0.3) is 0 Å². The van der Waals surface area contributed by atoms with Gasteiger partial charge in [-0.15, -0.1) is 0 Å². The molecule has 1 N–H and O–H groups in total. The molecule has 0 aliphatic carbocycles. The Kier molecular flexibility index (Phi) is 5.20. The predicted molar refractivity (Wildman–Crippen MR) is 97.7 cm³/mol. The van der Waals surface area contributed by atoms with E-state index in [-0.39, 0.29) is 6.04 Å². The van der Waals surface area contributed by atoms with E-state index in [1.54, 1.807) is 12.1 Å². The van der Waals surface area contributed by atoms with Gasteiger partial charge >= 0.3 is 0 Å². The van der Waals surface area contributed by atoms with Crippen molar-refractivity contribution in [1.82, 2.24) is 14.5 Å². The Bertz CT molecular complexity index is 799. The van der Waals surface area contributed by atoms with Crippen molar-refractivity contribution in [3.63, 3.8) is 0 Å². The van der Waals surface area contributed by atoms with Gasteiger partial charge < -0.3 is 4.90 Å². The van der Waals surface area contributed by atoms with E-state index >= 15 is 0 Å². The van der Waals surface area contributed by atoms with Gasteiger partial charge in [-0.05, 0) is 36.9 Å². The zero-order chi connectivity index (χ0) is 17.2. The molecule has 0 aromatic heterocycles. The van der Waals surface area contributed by atoms with Crippen molar-refractivity contribution in [2.75, 3.05) is 39.8 Å². The van der Waals surface area contributed by atoms with Crippen LogP contribution in [0.25, 0.3) is 10.8 Å². The lowest BCUT2D eigenvalue weighted by Crippen LogP contribution is -2.49. The molecule has 130 valence electrons. The summed E-state index contributed by atoms with van der Waals surface area (Å²) in [6.07, 6.45) is 0. The molecule has 6 heteroatoms. The van der Waals surface area contributed by atoms with Crippen LogP contribution in [0.1, 0.15) is 6.92 Å². The standard InChI is InChI=1S/C18H25N3O2S/c1-15(14-21-11-9-20(2)10-12-21)19-24(22,23)18-8-7-16-5-3-4-6-17(16)13-18/h3-8,13,15,19H,9-12,14H2,1-2H3. The summed E-state index contributed by atoms with van der Waals surface area (Å²) in [5.74, 6) is 0. The summed E-state index contributed by atoms with van der Waals surface area (Å²) >= 11 is 0. The maximum Gasteiger partial charge on any atom is 0.240 e. The molecule has 24 heavy (non-hydrogen) atoms. The Labute approximate surface area is 144 Å². The Hall–Kier alpha value is -1.47. The minimum absolute atomic E-state index is 0.120. The van der Waals surface area contributed by atoms with Crippen LogP contribution in [0, 0.1) is 0 Å². The van der Waals surface area contributed by atoms with Gasteiger partial charge in [-0.25, -0.2) is 13.1 Å². The van der Waals surface area contributed by atoms with Gasteiger partial charge in [0.15, 0.2) is 0 Å². The molecule has 1 saturated heterocycles. The monoisotopic (exact) mass is 347 g/mol. The number of nitrogens with zero attached hydrogens (tertiary/aromatic N) is 2. The maximum absolute atomic E-state index is 12.6. The van der Waals surface area contributed by atoms with Gasteiger partial charge in [-0.2, -0.15) is 0 Å². The number of nitrogens with one attached hydrogen (secondary N) is 1. The Morgan fingerprint density at radius 3 is 2.42 bits per heavy atom. The van der Waals surface area contributed by atoms with E-state index in [2.05, 4.69) is 21.6 Å². The van der Waals surface area contributed by atoms with Crippen LogP contribution >= 0.6 is 0 Å². The molecule has 1 heterocycles. The summed E-state index contributed by atoms with van der Waals surface area (Å²) in [6.45, 7) is 6.70. The maximum atomic E-state index is 12.6. The molecule has 2 aromatic rings. The Balaban J connectivity index is 1.67. The fourth-order valence-corrected chi connectivity index (χ4v) is 4.39. The van der Waals surface area contributed by atoms with Crippen molar-refractivity contribution >= 4 is 20.8 Å². The second-order valence-electron chi connectivity index (χ2n) is 6.64. The highest BCUT2D eigenvalue weighted by Gasteiger charge is 2.21. The van der Waals surface area contributed by atoms with Crippen LogP contribution in [-0.2, 0) is 10.0 Å². The van der Waals surface area contributed by atoms with Crippen LogP contribution in [0.15, 0.2) is 47.4 Å². The van der Waals surface area contributed by atoms with E-state index in [1.165, 1.54) is 0 Å². The van der Waals surface area contributed by atoms with Gasteiger partial charge in [0.1, 0.15) is 0 Å². The van der Waals surface area contributed by atoms with Crippen molar-refractivity contribution in [3.05, 3.63) is 42.5 Å². The average Bonchev–Trinajstić information content (AvgIpc) is 2.56. The molecule has 0 radical (unpaired) electrons. The number of rotatable bonds is 5. The molecular weight excluding hydrogens is 322 g/mol. The Morgan fingerprint density at radius 1 is 1.04 bits per heavy atom. The molecule has 5 nitrogen and oxygen atoms in total. The third-order valence-corrected chi connectivity index (χ3v) is 6.10. The number of hydrogen-bond donors (Lipinski definition) is 1. The average molecular weight is 347 g/mol. The van der Waals surface area contributed by atoms with Crippen molar-refractivity contribution in [2.24, 2.45) is 0 Å². The summed E-state index contributed by atoms with van der Waals surface area (Å²) in [6, 6.07) is 12.9. The van der Waals surface area contributed by atoms with E-state index in [1.807, 2.05) is 37.3 Å². The largest absolute Gasteiger partial charge is 0.304 e. The lowest BCUT2D eigenvalue weighted by Gasteiger charge is -2.33. The molecule has 3 rings (SSSR count). The van der Waals surface area contributed by atoms with Gasteiger partial charge in [0.05, 0.1) is 4.90 Å². The Morgan fingerprint density at radius 2 is 1.71 bits per heavy atom. The van der Waals surface area contributed by atoms with Gasteiger partial charge in [-0.3, -0.25) is 4.90 Å². The fraction of sp³-hybridized carbons (Fsp3) is 0.444. The highest BCUT2D eigenvalue weighted by Crippen LogP contribution is 2.19. The van der Waals surface area contributed by atoms with Crippen molar-refractivity contribution in [1.29, 1.82) is 0 Å². The lowest BCUT2D eigenvalue weighted by molar-refractivity contribution is 0.147. The molecule has 1 fully saturated rings. The topological polar surface area (TPSA) is 52.6 Å². The first-order valence-electron chi connectivity index (χ1n) is 8.36. The first-order chi connectivity index (χ1) is 11.4. The number of piperazine rings is 1. The predicted octanol–water partition coefficient (Wildman–Crippen LogP) is 1.75. The molecule has 0 saturated carbocycles. The molecule has 1 atom stereocenters. The first-order valence-corrected chi connectivity index (χ1v) is 9.84. The molecule has 0 amide bonds. The molecule has 1 unspecified atom stereocenters. The number of sulfonamides is 1. The SMILES string of the molecule is CC(CN1CCN(C)CC1)NS(=O)(=O)c1ccc2ccccc2c1. The van der Waals surface area contributed by atoms with Crippen molar-refractivity contribution in [2.45, 2.75) is 17.9 Å². The van der Waals surface area contributed by atoms with E-state index in [0.717, 1.165) is 43.5 Å². The van der Waals surface area contributed by atoms with E-state index < -0.39 is 10.0 Å². The van der Waals surface area contributed by atoms with Crippen LogP contribution in [0.2, 0.25) is 0 Å². The van der Waals surface area contributed by atoms with Gasteiger partial charge in [0.2, 0.25) is 10.0 Å². The van der Waals surface area contributed by atoms with Crippen LogP contribution in [-0.4, -0.2) is 64.0 Å². The lowest BCUT2D eigenvalue weighted by atomic mass is 10.1. The molecular formula is C18H25N3O2S. The summed E-state index contributed by atoms with van der Waals surface area (Å²) in [4.78, 5) is 4.93. The van der Waals surface area contributed by atoms with Crippen LogP contribution in [0.4, 0.5) is 0 Å². The summed E-state index contributed by atoms with van der Waals surface area (Å²) in [5.41, 5.74) is 0. The third-order valence-electron chi connectivity index (χ3n) is 4.52. The second-order valence-corrected chi connectivity index (χ2v) is 8.35. The molecule has 1 aliphatic heterocycles. The normalized spacial score (nSPS) is 18.8. The van der Waals surface area contributed by atoms with E-state index in [4.69, 9.17) is 0 Å². The van der Waals surface area contributed by atoms with E-state index in [0.29, 0.717) is 4.90 Å². The molecule has 0 spiro atoms. The number of benzene rings is 2. The molecule has 0 bridgehead atoms. The fourth-order valence-electron chi connectivity index (χ4n) is 3.12. The minimum atomic E-state index is -3.50. The second kappa shape index (κ2) is 7.19. The van der Waals surface area contributed by atoms with Crippen LogP contribution in [0.5, 0.6) is 0 Å². The zero-order valence-electron chi connectivity index (χ0n) is 14.3. The van der Waals surface area contributed by atoms with E-state index in [9.17, 15) is 8.42 Å². The van der Waals surface area contributed by atoms with Crippen LogP contribution in [0.3, 0.4) is 0 Å². The molecule has 2 aromatic carbocycles. The highest BCUT2D eigenvalue weighted by atomic mass is 32.2. The minimum Gasteiger partial charge on any atom is -0.304 e. The number of likely N-dealkylation sites (N-methyl/N-ethyl adjacent to an activating group) is 1. The summed E-state index contributed by atoms with van der Waals surface area (Å²) in [7, 11) is -1.39. The summed E-state index contributed by atoms with van der Waals surface area (Å²) < 4.78 is 28.1.